The van der Waals surface area contributed by atoms with Crippen LogP contribution in [0.4, 0.5) is 0 Å². The lowest BCUT2D eigenvalue weighted by Gasteiger charge is -1.95. The molecule has 98 valence electrons. The maximum atomic E-state index is 9.59. The van der Waals surface area contributed by atoms with Crippen LogP contribution >= 0.6 is 11.8 Å². The molecule has 0 atom stereocenters. The number of rotatable bonds is 3. The van der Waals surface area contributed by atoms with Gasteiger partial charge >= 0.3 is 5.97 Å². The molecule has 0 amide bonds. The third-order valence-electron chi connectivity index (χ3n) is 1.39. The van der Waals surface area contributed by atoms with Crippen LogP contribution in [0.3, 0.4) is 0 Å². The normalized spacial score (nSPS) is 8.06. The van der Waals surface area contributed by atoms with Crippen molar-refractivity contribution in [2.75, 3.05) is 19.5 Å². The summed E-state index contributed by atoms with van der Waals surface area (Å²) >= 11 is 1.67. The molecule has 0 aromatic heterocycles. The van der Waals surface area contributed by atoms with Gasteiger partial charge in [-0.05, 0) is 12.1 Å². The van der Waals surface area contributed by atoms with E-state index in [1.807, 2.05) is 44.2 Å². The predicted octanol–water partition coefficient (Wildman–Crippen LogP) is 2.98. The molecule has 0 saturated carbocycles. The van der Waals surface area contributed by atoms with Crippen molar-refractivity contribution in [1.29, 1.82) is 0 Å². The van der Waals surface area contributed by atoms with Crippen molar-refractivity contribution in [3.05, 3.63) is 30.3 Å². The van der Waals surface area contributed by atoms with Crippen molar-refractivity contribution in [2.45, 2.75) is 25.7 Å². The van der Waals surface area contributed by atoms with Crippen molar-refractivity contribution in [3.63, 3.8) is 0 Å². The summed E-state index contributed by atoms with van der Waals surface area (Å²) < 4.78 is 4.11. The van der Waals surface area contributed by atoms with Crippen LogP contribution in [0.25, 0.3) is 0 Å². The molecule has 4 heteroatoms. The molecule has 1 rings (SSSR count). The van der Waals surface area contributed by atoms with Crippen LogP contribution in [0.15, 0.2) is 35.2 Å². The fraction of sp³-hybridized carbons (Fsp3) is 0.462. The minimum Gasteiger partial charge on any atom is -0.469 e. The zero-order valence-electron chi connectivity index (χ0n) is 11.0. The number of ether oxygens (including phenoxy) is 1. The minimum absolute atomic E-state index is 0.245. The van der Waals surface area contributed by atoms with E-state index in [-0.39, 0.29) is 12.6 Å². The van der Waals surface area contributed by atoms with Gasteiger partial charge in [0.15, 0.2) is 0 Å². The van der Waals surface area contributed by atoms with Gasteiger partial charge in [-0.2, -0.15) is 0 Å². The highest BCUT2D eigenvalue weighted by molar-refractivity contribution is 7.99. The molecule has 0 unspecified atom stereocenters. The molecular weight excluding hydrogens is 236 g/mol. The summed E-state index contributed by atoms with van der Waals surface area (Å²) in [5.74, 6) is 0.536. The Morgan fingerprint density at radius 1 is 1.29 bits per heavy atom. The van der Waals surface area contributed by atoms with Crippen molar-refractivity contribution >= 4 is 17.7 Å². The monoisotopic (exact) mass is 258 g/mol. The smallest absolute Gasteiger partial charge is 0.302 e. The van der Waals surface area contributed by atoms with E-state index in [0.29, 0.717) is 0 Å². The second kappa shape index (κ2) is 15.0. The van der Waals surface area contributed by atoms with Gasteiger partial charge in [0.2, 0.25) is 0 Å². The Morgan fingerprint density at radius 2 is 1.76 bits per heavy atom. The Bertz CT molecular complexity index is 263. The third-order valence-corrected chi connectivity index (χ3v) is 2.38. The van der Waals surface area contributed by atoms with E-state index in [1.165, 1.54) is 18.9 Å². The Kier molecular flexibility index (Phi) is 16.2. The molecule has 0 aliphatic rings. The molecule has 0 saturated heterocycles. The molecule has 1 aromatic carbocycles. The zero-order valence-corrected chi connectivity index (χ0v) is 11.8. The Labute approximate surface area is 108 Å². The molecule has 0 bridgehead atoms. The van der Waals surface area contributed by atoms with Crippen molar-refractivity contribution in [1.82, 2.24) is 0 Å². The van der Waals surface area contributed by atoms with Gasteiger partial charge in [-0.25, -0.2) is 0 Å². The number of aliphatic hydroxyl groups excluding tert-OH is 1. The minimum atomic E-state index is -0.245. The van der Waals surface area contributed by atoms with E-state index in [2.05, 4.69) is 4.74 Å². The van der Waals surface area contributed by atoms with E-state index in [9.17, 15) is 4.79 Å². The lowest BCUT2D eigenvalue weighted by atomic mass is 10.4. The van der Waals surface area contributed by atoms with Gasteiger partial charge in [0, 0.05) is 17.6 Å². The quantitative estimate of drug-likeness (QED) is 0.669. The summed E-state index contributed by atoms with van der Waals surface area (Å²) in [5, 5.41) is 8.51. The Morgan fingerprint density at radius 3 is 2.12 bits per heavy atom. The first kappa shape index (κ1) is 18.4. The van der Waals surface area contributed by atoms with Gasteiger partial charge in [0.1, 0.15) is 0 Å². The van der Waals surface area contributed by atoms with E-state index < -0.39 is 0 Å². The van der Waals surface area contributed by atoms with Crippen LogP contribution < -0.4 is 0 Å². The summed E-state index contributed by atoms with van der Waals surface area (Å²) in [6.45, 7) is 5.61. The van der Waals surface area contributed by atoms with Crippen LogP contribution in [0.2, 0.25) is 0 Å². The number of esters is 1. The molecule has 1 N–H and O–H groups in total. The highest BCUT2D eigenvalue weighted by Gasteiger charge is 1.88. The Hall–Kier alpha value is -1.00. The first-order valence-corrected chi connectivity index (χ1v) is 6.52. The van der Waals surface area contributed by atoms with E-state index in [0.717, 1.165) is 5.75 Å². The molecule has 3 nitrogen and oxygen atoms in total. The summed E-state index contributed by atoms with van der Waals surface area (Å²) in [6, 6.07) is 10.1. The van der Waals surface area contributed by atoms with E-state index in [1.54, 1.807) is 11.8 Å². The SMILES string of the molecule is CC.COC(C)=O.OCCSc1ccccc1. The summed E-state index contributed by atoms with van der Waals surface area (Å²) in [6.07, 6.45) is 0. The lowest BCUT2D eigenvalue weighted by molar-refractivity contribution is -0.137. The van der Waals surface area contributed by atoms with Gasteiger partial charge < -0.3 is 9.84 Å². The fourth-order valence-corrected chi connectivity index (χ4v) is 1.36. The first-order valence-electron chi connectivity index (χ1n) is 5.54. The predicted molar refractivity (Wildman–Crippen MR) is 73.3 cm³/mol. The molecule has 0 spiro atoms. The van der Waals surface area contributed by atoms with Crippen LogP contribution in [-0.2, 0) is 9.53 Å². The second-order valence-corrected chi connectivity index (χ2v) is 3.75. The summed E-state index contributed by atoms with van der Waals surface area (Å²) in [4.78, 5) is 10.8. The van der Waals surface area contributed by atoms with E-state index in [4.69, 9.17) is 5.11 Å². The molecule has 1 aromatic rings. The molecule has 0 aliphatic heterocycles. The molecular formula is C13H22O3S. The number of carbonyl (C=O) groups is 1. The number of carbonyl (C=O) groups excluding carboxylic acids is 1. The number of methoxy groups -OCH3 is 1. The number of thioether (sulfide) groups is 1. The number of hydrogen-bond donors (Lipinski definition) is 1. The van der Waals surface area contributed by atoms with Crippen LogP contribution in [0, 0.1) is 0 Å². The summed E-state index contributed by atoms with van der Waals surface area (Å²) in [5.41, 5.74) is 0. The standard InChI is InChI=1S/C8H10OS.C3H6O2.C2H6/c9-6-7-10-8-4-2-1-3-5-8;1-3(4)5-2;1-2/h1-5,9H,6-7H2;1-2H3;1-2H3. The average Bonchev–Trinajstić information content (AvgIpc) is 2.40. The summed E-state index contributed by atoms with van der Waals surface area (Å²) in [7, 11) is 1.35. The van der Waals surface area contributed by atoms with Gasteiger partial charge in [-0.3, -0.25) is 4.79 Å². The largest absolute Gasteiger partial charge is 0.469 e. The molecule has 0 aliphatic carbocycles. The molecule has 0 heterocycles. The molecule has 17 heavy (non-hydrogen) atoms. The van der Waals surface area contributed by atoms with Gasteiger partial charge in [0.25, 0.3) is 0 Å². The van der Waals surface area contributed by atoms with Crippen LogP contribution in [0.1, 0.15) is 20.8 Å². The van der Waals surface area contributed by atoms with Gasteiger partial charge in [0.05, 0.1) is 13.7 Å². The highest BCUT2D eigenvalue weighted by atomic mass is 32.2. The molecule has 0 fully saturated rings. The number of aliphatic hydroxyl groups is 1. The zero-order chi connectivity index (χ0) is 13.5. The van der Waals surface area contributed by atoms with E-state index >= 15 is 0 Å². The van der Waals surface area contributed by atoms with Crippen molar-refractivity contribution in [3.8, 4) is 0 Å². The second-order valence-electron chi connectivity index (χ2n) is 2.58. The highest BCUT2D eigenvalue weighted by Crippen LogP contribution is 2.15. The van der Waals surface area contributed by atoms with Crippen molar-refractivity contribution in [2.24, 2.45) is 0 Å². The van der Waals surface area contributed by atoms with Crippen molar-refractivity contribution < 1.29 is 14.6 Å². The maximum Gasteiger partial charge on any atom is 0.302 e. The Balaban J connectivity index is 0. The van der Waals surface area contributed by atoms with Gasteiger partial charge in [-0.1, -0.05) is 32.0 Å². The average molecular weight is 258 g/mol. The first-order chi connectivity index (χ1) is 8.20. The lowest BCUT2D eigenvalue weighted by Crippen LogP contribution is -1.88. The third kappa shape index (κ3) is 15.0. The topological polar surface area (TPSA) is 46.5 Å². The van der Waals surface area contributed by atoms with Crippen LogP contribution in [-0.4, -0.2) is 30.5 Å². The van der Waals surface area contributed by atoms with Gasteiger partial charge in [-0.15, -0.1) is 11.8 Å². The molecule has 0 radical (unpaired) electrons. The maximum absolute atomic E-state index is 9.59. The fourth-order valence-electron chi connectivity index (χ4n) is 0.680. The number of benzene rings is 1. The number of hydrogen-bond acceptors (Lipinski definition) is 4. The van der Waals surface area contributed by atoms with Crippen LogP contribution in [0.5, 0.6) is 0 Å².